The van der Waals surface area contributed by atoms with Gasteiger partial charge in [0, 0.05) is 44.5 Å². The molecule has 0 spiro atoms. The summed E-state index contributed by atoms with van der Waals surface area (Å²) in [6, 6.07) is -0.384. The molecule has 27 heavy (non-hydrogen) atoms. The number of urea groups is 1. The zero-order valence-electron chi connectivity index (χ0n) is 16.5. The number of carbonyl (C=O) groups excluding carboxylic acids is 3. The van der Waals surface area contributed by atoms with Gasteiger partial charge >= 0.3 is 6.03 Å². The van der Waals surface area contributed by atoms with Crippen molar-refractivity contribution < 1.29 is 14.4 Å². The topological polar surface area (TPSA) is 129 Å². The van der Waals surface area contributed by atoms with Gasteiger partial charge in [-0.15, -0.1) is 0 Å². The van der Waals surface area contributed by atoms with Crippen molar-refractivity contribution in [2.75, 3.05) is 39.8 Å². The maximum Gasteiger partial charge on any atom is 0.324 e. The summed E-state index contributed by atoms with van der Waals surface area (Å²) in [5.41, 5.74) is 7.98. The van der Waals surface area contributed by atoms with E-state index in [1.54, 1.807) is 6.92 Å². The average molecular weight is 378 g/mol. The van der Waals surface area contributed by atoms with Crippen LogP contribution in [0.4, 0.5) is 4.79 Å². The van der Waals surface area contributed by atoms with E-state index in [2.05, 4.69) is 20.9 Å². The number of nitrogens with zero attached hydrogens (tertiary/aromatic N) is 2. The van der Waals surface area contributed by atoms with E-state index in [1.807, 2.05) is 13.8 Å². The van der Waals surface area contributed by atoms with Crippen LogP contribution in [-0.4, -0.2) is 68.2 Å². The number of hydrogen-bond donors (Lipinski definition) is 4. The standard InChI is InChI=1S/C18H30N6O3/c1-5-14-12(2)11-24(17(14)26)18(27)23-9-7-21-6-8-22-16(25)15(20-4)10-13(3)19/h10,21H,5-9,11,19H2,1-4H3,(H,22,25)(H,23,27)/b13-10-,20-15?. The number of nitrogens with two attached hydrogens (primary N) is 1. The molecule has 0 aliphatic carbocycles. The molecule has 1 aliphatic rings. The van der Waals surface area contributed by atoms with E-state index in [-0.39, 0.29) is 23.6 Å². The van der Waals surface area contributed by atoms with E-state index in [0.717, 1.165) is 5.57 Å². The van der Waals surface area contributed by atoms with E-state index >= 15 is 0 Å². The second-order valence-corrected chi connectivity index (χ2v) is 6.24. The van der Waals surface area contributed by atoms with E-state index in [1.165, 1.54) is 18.0 Å². The molecule has 0 unspecified atom stereocenters. The zero-order valence-corrected chi connectivity index (χ0v) is 16.5. The predicted octanol–water partition coefficient (Wildman–Crippen LogP) is -0.0962. The molecule has 1 aliphatic heterocycles. The van der Waals surface area contributed by atoms with Crippen LogP contribution in [0.3, 0.4) is 0 Å². The van der Waals surface area contributed by atoms with E-state index in [0.29, 0.717) is 50.4 Å². The van der Waals surface area contributed by atoms with Crippen LogP contribution < -0.4 is 21.7 Å². The molecule has 0 radical (unpaired) electrons. The van der Waals surface area contributed by atoms with Crippen LogP contribution in [0.25, 0.3) is 0 Å². The lowest BCUT2D eigenvalue weighted by molar-refractivity contribution is -0.123. The minimum atomic E-state index is -0.384. The third kappa shape index (κ3) is 6.86. The highest BCUT2D eigenvalue weighted by molar-refractivity contribution is 6.43. The van der Waals surface area contributed by atoms with Crippen molar-refractivity contribution in [3.8, 4) is 0 Å². The van der Waals surface area contributed by atoms with E-state index < -0.39 is 0 Å². The number of carbonyl (C=O) groups is 3. The minimum absolute atomic E-state index is 0.210. The third-order valence-corrected chi connectivity index (χ3v) is 4.02. The third-order valence-electron chi connectivity index (χ3n) is 4.02. The van der Waals surface area contributed by atoms with Crippen molar-refractivity contribution in [1.29, 1.82) is 0 Å². The smallest absolute Gasteiger partial charge is 0.324 e. The fourth-order valence-electron chi connectivity index (χ4n) is 2.65. The second-order valence-electron chi connectivity index (χ2n) is 6.24. The Balaban J connectivity index is 2.20. The first-order valence-corrected chi connectivity index (χ1v) is 8.99. The molecule has 0 bridgehead atoms. The molecule has 0 saturated carbocycles. The van der Waals surface area contributed by atoms with Crippen molar-refractivity contribution in [2.45, 2.75) is 27.2 Å². The molecule has 150 valence electrons. The predicted molar refractivity (Wildman–Crippen MR) is 105 cm³/mol. The number of imide groups is 1. The number of amides is 4. The molecule has 5 N–H and O–H groups in total. The van der Waals surface area contributed by atoms with Gasteiger partial charge in [-0.2, -0.15) is 0 Å². The van der Waals surface area contributed by atoms with Crippen LogP contribution >= 0.6 is 0 Å². The molecular formula is C18H30N6O3. The Hall–Kier alpha value is -2.68. The summed E-state index contributed by atoms with van der Waals surface area (Å²) in [7, 11) is 1.53. The Kier molecular flexibility index (Phi) is 9.21. The number of allylic oxidation sites excluding steroid dienone is 1. The Morgan fingerprint density at radius 1 is 1.22 bits per heavy atom. The SMILES string of the molecule is CCC1=C(C)CN(C(=O)NCCNCCNC(=O)C(/C=C(/C)N)=NC)C1=O. The van der Waals surface area contributed by atoms with Gasteiger partial charge in [0.15, 0.2) is 0 Å². The molecular weight excluding hydrogens is 348 g/mol. The number of hydrogen-bond acceptors (Lipinski definition) is 6. The van der Waals surface area contributed by atoms with Gasteiger partial charge in [-0.3, -0.25) is 19.5 Å². The first kappa shape index (κ1) is 22.4. The molecule has 9 heteroatoms. The molecule has 0 aromatic rings. The van der Waals surface area contributed by atoms with Gasteiger partial charge in [-0.1, -0.05) is 6.92 Å². The van der Waals surface area contributed by atoms with Crippen LogP contribution in [0.2, 0.25) is 0 Å². The van der Waals surface area contributed by atoms with Gasteiger partial charge in [0.05, 0.1) is 6.54 Å². The van der Waals surface area contributed by atoms with Gasteiger partial charge in [0.1, 0.15) is 5.71 Å². The summed E-state index contributed by atoms with van der Waals surface area (Å²) < 4.78 is 0. The Morgan fingerprint density at radius 3 is 2.37 bits per heavy atom. The highest BCUT2D eigenvalue weighted by atomic mass is 16.2. The number of nitrogens with one attached hydrogen (secondary N) is 3. The van der Waals surface area contributed by atoms with Crippen molar-refractivity contribution in [1.82, 2.24) is 20.9 Å². The maximum atomic E-state index is 12.1. The lowest BCUT2D eigenvalue weighted by Gasteiger charge is -2.16. The molecule has 1 heterocycles. The maximum absolute atomic E-state index is 12.1. The highest BCUT2D eigenvalue weighted by Crippen LogP contribution is 2.20. The highest BCUT2D eigenvalue weighted by Gasteiger charge is 2.31. The van der Waals surface area contributed by atoms with Gasteiger partial charge in [-0.25, -0.2) is 4.79 Å². The fourth-order valence-corrected chi connectivity index (χ4v) is 2.65. The molecule has 0 aromatic heterocycles. The Morgan fingerprint density at radius 2 is 1.85 bits per heavy atom. The Bertz CT molecular complexity index is 662. The summed E-state index contributed by atoms with van der Waals surface area (Å²) >= 11 is 0. The first-order valence-electron chi connectivity index (χ1n) is 8.99. The van der Waals surface area contributed by atoms with Gasteiger partial charge in [0.2, 0.25) is 0 Å². The number of aliphatic imine (C=N–C) groups is 1. The van der Waals surface area contributed by atoms with Crippen LogP contribution in [0, 0.1) is 0 Å². The van der Waals surface area contributed by atoms with Gasteiger partial charge in [0.25, 0.3) is 11.8 Å². The summed E-state index contributed by atoms with van der Waals surface area (Å²) in [6.45, 7) is 7.67. The monoisotopic (exact) mass is 378 g/mol. The average Bonchev–Trinajstić information content (AvgIpc) is 2.91. The van der Waals surface area contributed by atoms with Gasteiger partial charge in [-0.05, 0) is 31.9 Å². The largest absolute Gasteiger partial charge is 0.402 e. The molecule has 4 amide bonds. The lowest BCUT2D eigenvalue weighted by Crippen LogP contribution is -2.44. The normalized spacial score (nSPS) is 15.4. The van der Waals surface area contributed by atoms with Crippen LogP contribution in [0.15, 0.2) is 27.9 Å². The summed E-state index contributed by atoms with van der Waals surface area (Å²) in [5.74, 6) is -0.502. The summed E-state index contributed by atoms with van der Waals surface area (Å²) in [5, 5.41) is 8.55. The lowest BCUT2D eigenvalue weighted by atomic mass is 10.1. The van der Waals surface area contributed by atoms with Crippen molar-refractivity contribution >= 4 is 23.6 Å². The molecule has 0 saturated heterocycles. The van der Waals surface area contributed by atoms with Crippen molar-refractivity contribution in [2.24, 2.45) is 10.7 Å². The molecule has 1 rings (SSSR count). The molecule has 9 nitrogen and oxygen atoms in total. The van der Waals surface area contributed by atoms with E-state index in [4.69, 9.17) is 5.73 Å². The van der Waals surface area contributed by atoms with Crippen LogP contribution in [0.1, 0.15) is 27.2 Å². The second kappa shape index (κ2) is 11.1. The van der Waals surface area contributed by atoms with E-state index in [9.17, 15) is 14.4 Å². The summed E-state index contributed by atoms with van der Waals surface area (Å²) in [6.07, 6.45) is 2.14. The van der Waals surface area contributed by atoms with Crippen molar-refractivity contribution in [3.05, 3.63) is 22.9 Å². The van der Waals surface area contributed by atoms with Crippen LogP contribution in [-0.2, 0) is 9.59 Å². The van der Waals surface area contributed by atoms with Gasteiger partial charge < -0.3 is 21.7 Å². The first-order chi connectivity index (χ1) is 12.8. The zero-order chi connectivity index (χ0) is 20.4. The minimum Gasteiger partial charge on any atom is -0.402 e. The van der Waals surface area contributed by atoms with Crippen molar-refractivity contribution in [3.63, 3.8) is 0 Å². The number of rotatable bonds is 9. The quantitative estimate of drug-likeness (QED) is 0.329. The van der Waals surface area contributed by atoms with Crippen LogP contribution in [0.5, 0.6) is 0 Å². The Labute approximate surface area is 160 Å². The fraction of sp³-hybridized carbons (Fsp3) is 0.556. The summed E-state index contributed by atoms with van der Waals surface area (Å²) in [4.78, 5) is 41.2. The molecule has 0 aromatic carbocycles. The molecule has 0 fully saturated rings. The molecule has 0 atom stereocenters.